The molecule has 2 rings (SSSR count). The highest BCUT2D eigenvalue weighted by molar-refractivity contribution is 7.88. The third-order valence-electron chi connectivity index (χ3n) is 2.91. The van der Waals surface area contributed by atoms with Crippen LogP contribution in [0.4, 0.5) is 5.69 Å². The summed E-state index contributed by atoms with van der Waals surface area (Å²) in [7, 11) is -3.20. The van der Waals surface area contributed by atoms with Gasteiger partial charge in [0.2, 0.25) is 15.9 Å². The molecule has 22 heavy (non-hydrogen) atoms. The van der Waals surface area contributed by atoms with Crippen LogP contribution < -0.4 is 10.0 Å². The molecule has 2 aromatic rings. The lowest BCUT2D eigenvalue weighted by Gasteiger charge is -2.06. The maximum absolute atomic E-state index is 11.9. The van der Waals surface area contributed by atoms with Crippen molar-refractivity contribution in [2.45, 2.75) is 19.9 Å². The first-order valence-corrected chi connectivity index (χ1v) is 9.41. The third-order valence-corrected chi connectivity index (χ3v) is 4.58. The molecular weight excluding hydrogens is 320 g/mol. The molecule has 0 spiro atoms. The van der Waals surface area contributed by atoms with E-state index in [2.05, 4.69) is 10.0 Å². The Bertz CT molecular complexity index is 749. The number of carbonyl (C=O) groups is 1. The lowest BCUT2D eigenvalue weighted by atomic mass is 10.2. The van der Waals surface area contributed by atoms with Crippen molar-refractivity contribution < 1.29 is 13.2 Å². The van der Waals surface area contributed by atoms with Gasteiger partial charge in [-0.25, -0.2) is 13.1 Å². The summed E-state index contributed by atoms with van der Waals surface area (Å²) in [5.41, 5.74) is 1.53. The number of rotatable bonds is 6. The van der Waals surface area contributed by atoms with Crippen molar-refractivity contribution in [1.29, 1.82) is 0 Å². The predicted octanol–water partition coefficient (Wildman–Crippen LogP) is 2.29. The predicted molar refractivity (Wildman–Crippen MR) is 89.5 cm³/mol. The Morgan fingerprint density at radius 3 is 2.36 bits per heavy atom. The second-order valence-electron chi connectivity index (χ2n) is 5.03. The van der Waals surface area contributed by atoms with E-state index in [-0.39, 0.29) is 12.5 Å². The third kappa shape index (κ3) is 5.59. The first kappa shape index (κ1) is 16.7. The molecule has 1 aromatic carbocycles. The molecular formula is C15H18N2O3S2. The van der Waals surface area contributed by atoms with Gasteiger partial charge in [0.15, 0.2) is 0 Å². The van der Waals surface area contributed by atoms with Crippen LogP contribution in [0.1, 0.15) is 15.3 Å². The Morgan fingerprint density at radius 2 is 1.82 bits per heavy atom. The number of hydrogen-bond donors (Lipinski definition) is 2. The summed E-state index contributed by atoms with van der Waals surface area (Å²) in [5, 5.41) is 2.83. The minimum Gasteiger partial charge on any atom is -0.326 e. The Balaban J connectivity index is 1.89. The zero-order valence-corrected chi connectivity index (χ0v) is 14.1. The highest BCUT2D eigenvalue weighted by atomic mass is 32.2. The lowest BCUT2D eigenvalue weighted by Crippen LogP contribution is -2.21. The Labute approximate surface area is 134 Å². The fourth-order valence-corrected chi connectivity index (χ4v) is 3.18. The normalized spacial score (nSPS) is 11.4. The van der Waals surface area contributed by atoms with E-state index in [9.17, 15) is 13.2 Å². The molecule has 0 unspecified atom stereocenters. The SMILES string of the molecule is Cc1ccc(CC(=O)Nc2ccc(CNS(C)(=O)=O)cc2)s1. The Kier molecular flexibility index (Phi) is 5.33. The smallest absolute Gasteiger partial charge is 0.229 e. The zero-order chi connectivity index (χ0) is 16.2. The van der Waals surface area contributed by atoms with Gasteiger partial charge in [-0.05, 0) is 36.8 Å². The van der Waals surface area contributed by atoms with E-state index in [1.165, 1.54) is 4.88 Å². The topological polar surface area (TPSA) is 75.3 Å². The van der Waals surface area contributed by atoms with Crippen molar-refractivity contribution in [2.75, 3.05) is 11.6 Å². The van der Waals surface area contributed by atoms with Crippen molar-refractivity contribution in [2.24, 2.45) is 0 Å². The number of thiophene rings is 1. The maximum atomic E-state index is 11.9. The monoisotopic (exact) mass is 338 g/mol. The van der Waals surface area contributed by atoms with Gasteiger partial charge >= 0.3 is 0 Å². The lowest BCUT2D eigenvalue weighted by molar-refractivity contribution is -0.115. The summed E-state index contributed by atoms with van der Waals surface area (Å²) in [4.78, 5) is 14.2. The molecule has 7 heteroatoms. The number of sulfonamides is 1. The Hall–Kier alpha value is -1.70. The van der Waals surface area contributed by atoms with Crippen LogP contribution in [-0.4, -0.2) is 20.6 Å². The van der Waals surface area contributed by atoms with Gasteiger partial charge in [-0.2, -0.15) is 0 Å². The van der Waals surface area contributed by atoms with E-state index >= 15 is 0 Å². The van der Waals surface area contributed by atoms with Crippen molar-refractivity contribution in [3.63, 3.8) is 0 Å². The number of aryl methyl sites for hydroxylation is 1. The molecule has 0 bridgehead atoms. The number of nitrogens with one attached hydrogen (secondary N) is 2. The standard InChI is InChI=1S/C15H18N2O3S2/c1-11-3-8-14(21-11)9-15(18)17-13-6-4-12(5-7-13)10-16-22(2,19)20/h3-8,16H,9-10H2,1-2H3,(H,17,18). The average molecular weight is 338 g/mol. The van der Waals surface area contributed by atoms with Crippen LogP contribution in [0.3, 0.4) is 0 Å². The molecule has 0 saturated heterocycles. The van der Waals surface area contributed by atoms with Gasteiger partial charge < -0.3 is 5.32 Å². The summed E-state index contributed by atoms with van der Waals surface area (Å²) >= 11 is 1.61. The van der Waals surface area contributed by atoms with Crippen molar-refractivity contribution >= 4 is 33.0 Å². The van der Waals surface area contributed by atoms with Crippen LogP contribution in [0, 0.1) is 6.92 Å². The number of amides is 1. The minimum absolute atomic E-state index is 0.0659. The second kappa shape index (κ2) is 7.04. The summed E-state index contributed by atoms with van der Waals surface area (Å²) in [6.07, 6.45) is 1.48. The van der Waals surface area contributed by atoms with Gasteiger partial charge in [-0.15, -0.1) is 11.3 Å². The molecule has 1 heterocycles. The van der Waals surface area contributed by atoms with Crippen LogP contribution in [0.15, 0.2) is 36.4 Å². The van der Waals surface area contributed by atoms with Crippen LogP contribution >= 0.6 is 11.3 Å². The summed E-state index contributed by atoms with van der Waals surface area (Å²) < 4.78 is 24.5. The average Bonchev–Trinajstić information content (AvgIpc) is 2.82. The van der Waals surface area contributed by atoms with Gasteiger partial charge in [0.1, 0.15) is 0 Å². The fourth-order valence-electron chi connectivity index (χ4n) is 1.86. The van der Waals surface area contributed by atoms with E-state index in [4.69, 9.17) is 0 Å². The maximum Gasteiger partial charge on any atom is 0.229 e. The quantitative estimate of drug-likeness (QED) is 0.848. The van der Waals surface area contributed by atoms with E-state index in [1.807, 2.05) is 19.1 Å². The van der Waals surface area contributed by atoms with E-state index in [0.29, 0.717) is 12.1 Å². The van der Waals surface area contributed by atoms with Crippen LogP contribution in [0.2, 0.25) is 0 Å². The van der Waals surface area contributed by atoms with Gasteiger partial charge in [0, 0.05) is 22.0 Å². The summed E-state index contributed by atoms with van der Waals surface area (Å²) in [6.45, 7) is 2.25. The number of benzene rings is 1. The molecule has 0 aliphatic carbocycles. The van der Waals surface area contributed by atoms with Gasteiger partial charge in [-0.1, -0.05) is 12.1 Å². The molecule has 0 fully saturated rings. The van der Waals surface area contributed by atoms with Crippen molar-refractivity contribution in [3.05, 3.63) is 51.7 Å². The highest BCUT2D eigenvalue weighted by Crippen LogP contribution is 2.16. The molecule has 0 aliphatic rings. The number of hydrogen-bond acceptors (Lipinski definition) is 4. The molecule has 1 aromatic heterocycles. The molecule has 2 N–H and O–H groups in total. The molecule has 0 saturated carbocycles. The van der Waals surface area contributed by atoms with E-state index in [1.54, 1.807) is 35.6 Å². The minimum atomic E-state index is -3.20. The second-order valence-corrected chi connectivity index (χ2v) is 8.23. The fraction of sp³-hybridized carbons (Fsp3) is 0.267. The molecule has 1 amide bonds. The largest absolute Gasteiger partial charge is 0.326 e. The summed E-state index contributed by atoms with van der Waals surface area (Å²) in [6, 6.07) is 11.0. The van der Waals surface area contributed by atoms with E-state index in [0.717, 1.165) is 16.7 Å². The molecule has 0 aliphatic heterocycles. The number of anilines is 1. The van der Waals surface area contributed by atoms with Gasteiger partial charge in [0.25, 0.3) is 0 Å². The van der Waals surface area contributed by atoms with Crippen molar-refractivity contribution in [1.82, 2.24) is 4.72 Å². The van der Waals surface area contributed by atoms with Crippen LogP contribution in [-0.2, 0) is 27.8 Å². The van der Waals surface area contributed by atoms with Crippen LogP contribution in [0.5, 0.6) is 0 Å². The first-order chi connectivity index (χ1) is 10.3. The zero-order valence-electron chi connectivity index (χ0n) is 12.4. The molecule has 5 nitrogen and oxygen atoms in total. The van der Waals surface area contributed by atoms with Crippen LogP contribution in [0.25, 0.3) is 0 Å². The van der Waals surface area contributed by atoms with Gasteiger partial charge in [0.05, 0.1) is 12.7 Å². The highest BCUT2D eigenvalue weighted by Gasteiger charge is 2.06. The van der Waals surface area contributed by atoms with Gasteiger partial charge in [-0.3, -0.25) is 4.79 Å². The number of carbonyl (C=O) groups excluding carboxylic acids is 1. The molecule has 0 radical (unpaired) electrons. The van der Waals surface area contributed by atoms with Crippen molar-refractivity contribution in [3.8, 4) is 0 Å². The van der Waals surface area contributed by atoms with E-state index < -0.39 is 10.0 Å². The molecule has 118 valence electrons. The first-order valence-electron chi connectivity index (χ1n) is 6.70. The molecule has 0 atom stereocenters. The Morgan fingerprint density at radius 1 is 1.14 bits per heavy atom. The summed E-state index contributed by atoms with van der Waals surface area (Å²) in [5.74, 6) is -0.0659.